The van der Waals surface area contributed by atoms with Crippen molar-refractivity contribution >= 4 is 18.1 Å². The van der Waals surface area contributed by atoms with Gasteiger partial charge in [0, 0.05) is 0 Å². The first kappa shape index (κ1) is 11.1. The van der Waals surface area contributed by atoms with Crippen LogP contribution in [0.15, 0.2) is 18.2 Å². The summed E-state index contributed by atoms with van der Waals surface area (Å²) in [6, 6.07) is 5.78. The van der Waals surface area contributed by atoms with Gasteiger partial charge in [-0.1, -0.05) is 6.07 Å². The highest BCUT2D eigenvalue weighted by Gasteiger charge is 1.98. The van der Waals surface area contributed by atoms with Crippen molar-refractivity contribution in [2.24, 2.45) is 5.84 Å². The molecule has 0 heterocycles. The Bertz CT molecular complexity index is 253. The Hall–Kier alpha value is -0.930. The first-order valence-electron chi connectivity index (χ1n) is 3.39. The number of nitrogen functional groups attached to an aromatic ring is 1. The largest absolute Gasteiger partial charge is 0.495 e. The zero-order valence-electron chi connectivity index (χ0n) is 7.13. The molecular formula is C8H13ClN2O. The second kappa shape index (κ2) is 4.85. The summed E-state index contributed by atoms with van der Waals surface area (Å²) in [6.07, 6.45) is 0. The maximum Gasteiger partial charge on any atom is 0.143 e. The van der Waals surface area contributed by atoms with Gasteiger partial charge in [-0.3, -0.25) is 5.84 Å². The molecule has 0 fully saturated rings. The van der Waals surface area contributed by atoms with Crippen LogP contribution in [-0.4, -0.2) is 7.11 Å². The normalized spacial score (nSPS) is 8.58. The van der Waals surface area contributed by atoms with Crippen LogP contribution in [0.3, 0.4) is 0 Å². The number of rotatable bonds is 2. The molecule has 0 spiro atoms. The van der Waals surface area contributed by atoms with E-state index in [1.165, 1.54) is 0 Å². The van der Waals surface area contributed by atoms with Crippen LogP contribution in [-0.2, 0) is 0 Å². The molecule has 0 radical (unpaired) electrons. The van der Waals surface area contributed by atoms with E-state index in [-0.39, 0.29) is 12.4 Å². The minimum Gasteiger partial charge on any atom is -0.495 e. The number of hydrazine groups is 1. The minimum atomic E-state index is 0. The van der Waals surface area contributed by atoms with E-state index in [0.717, 1.165) is 17.0 Å². The van der Waals surface area contributed by atoms with E-state index in [1.807, 2.05) is 25.1 Å². The lowest BCUT2D eigenvalue weighted by Gasteiger charge is -2.07. The summed E-state index contributed by atoms with van der Waals surface area (Å²) in [7, 11) is 1.62. The van der Waals surface area contributed by atoms with E-state index in [2.05, 4.69) is 5.43 Å². The molecule has 0 atom stereocenters. The van der Waals surface area contributed by atoms with E-state index in [9.17, 15) is 0 Å². The molecule has 0 saturated carbocycles. The van der Waals surface area contributed by atoms with Gasteiger partial charge >= 0.3 is 0 Å². The van der Waals surface area contributed by atoms with Crippen molar-refractivity contribution in [3.63, 3.8) is 0 Å². The third-order valence-corrected chi connectivity index (χ3v) is 1.51. The summed E-state index contributed by atoms with van der Waals surface area (Å²) in [4.78, 5) is 0. The number of anilines is 1. The van der Waals surface area contributed by atoms with Gasteiger partial charge in [0.1, 0.15) is 5.75 Å². The fourth-order valence-corrected chi connectivity index (χ4v) is 0.918. The maximum atomic E-state index is 5.25. The van der Waals surface area contributed by atoms with E-state index in [0.29, 0.717) is 0 Å². The Morgan fingerprint density at radius 3 is 2.58 bits per heavy atom. The average Bonchev–Trinajstić information content (AvgIpc) is 2.04. The lowest BCUT2D eigenvalue weighted by atomic mass is 10.2. The SMILES string of the molecule is COc1cc(C)ccc1NN.Cl. The van der Waals surface area contributed by atoms with Crippen LogP contribution in [0, 0.1) is 6.92 Å². The Kier molecular flexibility index (Phi) is 4.47. The molecule has 12 heavy (non-hydrogen) atoms. The molecule has 3 N–H and O–H groups in total. The highest BCUT2D eigenvalue weighted by Crippen LogP contribution is 2.23. The molecule has 0 bridgehead atoms. The number of methoxy groups -OCH3 is 1. The highest BCUT2D eigenvalue weighted by atomic mass is 35.5. The number of nitrogens with one attached hydrogen (secondary N) is 1. The van der Waals surface area contributed by atoms with Crippen LogP contribution in [0.1, 0.15) is 5.56 Å². The molecule has 4 heteroatoms. The fourth-order valence-electron chi connectivity index (χ4n) is 0.918. The molecule has 0 aromatic heterocycles. The van der Waals surface area contributed by atoms with Gasteiger partial charge in [-0.2, -0.15) is 0 Å². The summed E-state index contributed by atoms with van der Waals surface area (Å²) >= 11 is 0. The van der Waals surface area contributed by atoms with Gasteiger partial charge in [0.15, 0.2) is 0 Å². The monoisotopic (exact) mass is 188 g/mol. The Morgan fingerprint density at radius 1 is 1.42 bits per heavy atom. The quantitative estimate of drug-likeness (QED) is 0.549. The van der Waals surface area contributed by atoms with Crippen LogP contribution in [0.2, 0.25) is 0 Å². The third-order valence-electron chi connectivity index (χ3n) is 1.51. The van der Waals surface area contributed by atoms with Gasteiger partial charge in [-0.15, -0.1) is 12.4 Å². The van der Waals surface area contributed by atoms with Crippen LogP contribution in [0.5, 0.6) is 5.75 Å². The van der Waals surface area contributed by atoms with E-state index < -0.39 is 0 Å². The topological polar surface area (TPSA) is 47.3 Å². The van der Waals surface area contributed by atoms with Gasteiger partial charge in [0.2, 0.25) is 0 Å². The van der Waals surface area contributed by atoms with Crippen molar-refractivity contribution in [3.8, 4) is 5.75 Å². The number of halogens is 1. The molecule has 1 aromatic rings. The van der Waals surface area contributed by atoms with Gasteiger partial charge in [0.05, 0.1) is 12.8 Å². The molecule has 1 aromatic carbocycles. The van der Waals surface area contributed by atoms with Gasteiger partial charge < -0.3 is 10.2 Å². The second-order valence-corrected chi connectivity index (χ2v) is 2.35. The molecule has 0 aliphatic rings. The Morgan fingerprint density at radius 2 is 2.08 bits per heavy atom. The first-order valence-corrected chi connectivity index (χ1v) is 3.39. The molecule has 0 unspecified atom stereocenters. The smallest absolute Gasteiger partial charge is 0.143 e. The number of nitrogens with two attached hydrogens (primary N) is 1. The van der Waals surface area contributed by atoms with E-state index in [4.69, 9.17) is 10.6 Å². The number of aryl methyl sites for hydroxylation is 1. The number of benzene rings is 1. The average molecular weight is 189 g/mol. The number of hydrogen-bond acceptors (Lipinski definition) is 3. The maximum absolute atomic E-state index is 5.25. The Labute approximate surface area is 78.3 Å². The second-order valence-electron chi connectivity index (χ2n) is 2.35. The molecule has 0 saturated heterocycles. The van der Waals surface area contributed by atoms with Gasteiger partial charge in [-0.05, 0) is 24.6 Å². The molecule has 1 rings (SSSR count). The molecule has 68 valence electrons. The van der Waals surface area contributed by atoms with Crippen LogP contribution < -0.4 is 16.0 Å². The summed E-state index contributed by atoms with van der Waals surface area (Å²) in [5, 5.41) is 0. The molecule has 0 aliphatic carbocycles. The van der Waals surface area contributed by atoms with Crippen LogP contribution in [0.25, 0.3) is 0 Å². The third kappa shape index (κ3) is 2.29. The van der Waals surface area contributed by atoms with Gasteiger partial charge in [0.25, 0.3) is 0 Å². The van der Waals surface area contributed by atoms with Crippen molar-refractivity contribution in [2.45, 2.75) is 6.92 Å². The van der Waals surface area contributed by atoms with Crippen LogP contribution >= 0.6 is 12.4 Å². The fraction of sp³-hybridized carbons (Fsp3) is 0.250. The predicted octanol–water partition coefficient (Wildman–Crippen LogP) is 1.71. The summed E-state index contributed by atoms with van der Waals surface area (Å²) < 4.78 is 5.07. The summed E-state index contributed by atoms with van der Waals surface area (Å²) in [5.41, 5.74) is 4.51. The van der Waals surface area contributed by atoms with Crippen molar-refractivity contribution in [1.29, 1.82) is 0 Å². The Balaban J connectivity index is 0.00000121. The first-order chi connectivity index (χ1) is 5.27. The number of ether oxygens (including phenoxy) is 1. The van der Waals surface area contributed by atoms with Crippen molar-refractivity contribution in [1.82, 2.24) is 0 Å². The van der Waals surface area contributed by atoms with E-state index in [1.54, 1.807) is 7.11 Å². The van der Waals surface area contributed by atoms with Crippen LogP contribution in [0.4, 0.5) is 5.69 Å². The number of hydrogen-bond donors (Lipinski definition) is 2. The lowest BCUT2D eigenvalue weighted by Crippen LogP contribution is -2.07. The van der Waals surface area contributed by atoms with Gasteiger partial charge in [-0.25, -0.2) is 0 Å². The van der Waals surface area contributed by atoms with Crippen molar-refractivity contribution in [3.05, 3.63) is 23.8 Å². The summed E-state index contributed by atoms with van der Waals surface area (Å²) in [6.45, 7) is 2.00. The standard InChI is InChI=1S/C8H12N2O.ClH/c1-6-3-4-7(10-9)8(5-6)11-2;/h3-5,10H,9H2,1-2H3;1H. The lowest BCUT2D eigenvalue weighted by molar-refractivity contribution is 0.416. The van der Waals surface area contributed by atoms with Crippen molar-refractivity contribution in [2.75, 3.05) is 12.5 Å². The summed E-state index contributed by atoms with van der Waals surface area (Å²) in [5.74, 6) is 6.02. The zero-order valence-corrected chi connectivity index (χ0v) is 7.94. The molecule has 0 aliphatic heterocycles. The zero-order chi connectivity index (χ0) is 8.27. The predicted molar refractivity (Wildman–Crippen MR) is 52.8 cm³/mol. The molecular weight excluding hydrogens is 176 g/mol. The van der Waals surface area contributed by atoms with E-state index >= 15 is 0 Å². The molecule has 3 nitrogen and oxygen atoms in total. The molecule has 0 amide bonds. The minimum absolute atomic E-state index is 0. The highest BCUT2D eigenvalue weighted by molar-refractivity contribution is 5.85. The van der Waals surface area contributed by atoms with Crippen molar-refractivity contribution < 1.29 is 4.74 Å².